The van der Waals surface area contributed by atoms with Gasteiger partial charge in [-0.1, -0.05) is 67.5 Å². The van der Waals surface area contributed by atoms with Gasteiger partial charge in [-0.15, -0.1) is 0 Å². The maximum Gasteiger partial charge on any atom is 0.416 e. The molecular weight excluding hydrogens is 584 g/mol. The number of aryl methyl sites for hydroxylation is 1. The Morgan fingerprint density at radius 2 is 1.70 bits per heavy atom. The summed E-state index contributed by atoms with van der Waals surface area (Å²) in [5.41, 5.74) is 3.51. The lowest BCUT2D eigenvalue weighted by molar-refractivity contribution is 0.102. The van der Waals surface area contributed by atoms with Gasteiger partial charge in [0, 0.05) is 19.2 Å². The summed E-state index contributed by atoms with van der Waals surface area (Å²) in [7, 11) is -0.608. The fraction of sp³-hybridized carbons (Fsp3) is 0.290. The maximum absolute atomic E-state index is 13.5. The number of carbonyl (C=O) groups is 2. The Bertz CT molecular complexity index is 1780. The van der Waals surface area contributed by atoms with Crippen LogP contribution in [0.3, 0.4) is 0 Å². The van der Waals surface area contributed by atoms with Crippen molar-refractivity contribution >= 4 is 33.4 Å². The molecule has 0 radical (unpaired) electrons. The van der Waals surface area contributed by atoms with Crippen LogP contribution in [-0.2, 0) is 22.0 Å². The second kappa shape index (κ2) is 12.8. The summed E-state index contributed by atoms with van der Waals surface area (Å²) in [6.07, 6.45) is 1.90. The zero-order valence-electron chi connectivity index (χ0n) is 25.7. The topological polar surface area (TPSA) is 145 Å². The van der Waals surface area contributed by atoms with E-state index in [2.05, 4.69) is 20.4 Å². The largest absolute Gasteiger partial charge is 0.492 e. The Morgan fingerprint density at radius 3 is 2.34 bits per heavy atom. The highest BCUT2D eigenvalue weighted by molar-refractivity contribution is 7.92. The molecule has 0 unspecified atom stereocenters. The molecule has 0 fully saturated rings. The van der Waals surface area contributed by atoms with Crippen molar-refractivity contribution in [3.05, 3.63) is 89.1 Å². The van der Waals surface area contributed by atoms with Crippen LogP contribution in [0.15, 0.2) is 66.9 Å². The van der Waals surface area contributed by atoms with Gasteiger partial charge < -0.3 is 19.7 Å². The SMILES string of the molecule is COc1c(NC(=O)c2ccc(C)c(-n3cc(OC(=O)N(C)Cc4ccccc4)nn3)c2)cc(C(C)(C)C)cc1NS(C)(=O)=O. The normalized spacial score (nSPS) is 11.5. The lowest BCUT2D eigenvalue weighted by Gasteiger charge is -2.24. The summed E-state index contributed by atoms with van der Waals surface area (Å²) in [5, 5.41) is 10.9. The Morgan fingerprint density at radius 1 is 1.02 bits per heavy atom. The average molecular weight is 621 g/mol. The molecule has 2 N–H and O–H groups in total. The number of anilines is 2. The first-order chi connectivity index (χ1) is 20.6. The van der Waals surface area contributed by atoms with Gasteiger partial charge in [0.1, 0.15) is 0 Å². The molecule has 232 valence electrons. The molecule has 2 amide bonds. The van der Waals surface area contributed by atoms with E-state index in [1.54, 1.807) is 37.4 Å². The molecule has 13 heteroatoms. The van der Waals surface area contributed by atoms with Gasteiger partial charge in [0.05, 0.1) is 36.6 Å². The smallest absolute Gasteiger partial charge is 0.416 e. The molecular formula is C31H36N6O6S. The number of aromatic nitrogens is 3. The fourth-order valence-corrected chi connectivity index (χ4v) is 4.90. The summed E-state index contributed by atoms with van der Waals surface area (Å²) in [5.74, 6) is -0.293. The second-order valence-corrected chi connectivity index (χ2v) is 13.1. The highest BCUT2D eigenvalue weighted by Crippen LogP contribution is 2.39. The van der Waals surface area contributed by atoms with Crippen molar-refractivity contribution in [2.75, 3.05) is 30.5 Å². The Labute approximate surface area is 257 Å². The zero-order chi connectivity index (χ0) is 32.2. The first-order valence-electron chi connectivity index (χ1n) is 13.7. The van der Waals surface area contributed by atoms with Crippen molar-refractivity contribution in [3.8, 4) is 17.3 Å². The number of ether oxygens (including phenoxy) is 2. The lowest BCUT2D eigenvalue weighted by Crippen LogP contribution is -2.29. The Kier molecular flexibility index (Phi) is 9.28. The lowest BCUT2D eigenvalue weighted by atomic mass is 9.86. The van der Waals surface area contributed by atoms with E-state index < -0.39 is 22.0 Å². The van der Waals surface area contributed by atoms with E-state index in [1.165, 1.54) is 22.9 Å². The van der Waals surface area contributed by atoms with Gasteiger partial charge in [-0.25, -0.2) is 17.9 Å². The predicted octanol–water partition coefficient (Wildman–Crippen LogP) is 5.14. The van der Waals surface area contributed by atoms with Crippen LogP contribution < -0.4 is 19.5 Å². The molecule has 1 heterocycles. The van der Waals surface area contributed by atoms with Crippen LogP contribution in [0.1, 0.15) is 47.8 Å². The number of nitrogens with one attached hydrogen (secondary N) is 2. The summed E-state index contributed by atoms with van der Waals surface area (Å²) in [4.78, 5) is 27.5. The van der Waals surface area contributed by atoms with Crippen molar-refractivity contribution in [2.24, 2.45) is 0 Å². The molecule has 3 aromatic carbocycles. The van der Waals surface area contributed by atoms with Gasteiger partial charge in [-0.3, -0.25) is 9.52 Å². The van der Waals surface area contributed by atoms with Gasteiger partial charge in [0.2, 0.25) is 10.0 Å². The van der Waals surface area contributed by atoms with Crippen LogP contribution in [0.25, 0.3) is 5.69 Å². The fourth-order valence-electron chi connectivity index (χ4n) is 4.34. The Hall–Kier alpha value is -4.91. The van der Waals surface area contributed by atoms with Crippen LogP contribution in [0.4, 0.5) is 16.2 Å². The minimum Gasteiger partial charge on any atom is -0.492 e. The number of amides is 2. The number of methoxy groups -OCH3 is 1. The standard InChI is InChI=1S/C31H36N6O6S/c1-20-13-14-22(29(38)32-24-16-23(31(2,3)4)17-25(28(24)42-6)34-44(7,40)41)15-26(20)37-19-27(33-35-37)43-30(39)36(5)18-21-11-9-8-10-12-21/h8-17,19,34H,18H2,1-7H3,(H,32,38). The third-order valence-electron chi connectivity index (χ3n) is 6.66. The van der Waals surface area contributed by atoms with Gasteiger partial charge in [0.25, 0.3) is 11.8 Å². The number of hydrogen-bond acceptors (Lipinski definition) is 8. The molecule has 1 aromatic heterocycles. The van der Waals surface area contributed by atoms with Crippen molar-refractivity contribution in [1.29, 1.82) is 0 Å². The van der Waals surface area contributed by atoms with Gasteiger partial charge in [-0.05, 0) is 53.3 Å². The first kappa shape index (κ1) is 32.0. The molecule has 0 saturated carbocycles. The molecule has 0 aliphatic carbocycles. The predicted molar refractivity (Wildman–Crippen MR) is 168 cm³/mol. The van der Waals surface area contributed by atoms with Crippen molar-refractivity contribution < 1.29 is 27.5 Å². The van der Waals surface area contributed by atoms with E-state index in [1.807, 2.05) is 58.0 Å². The molecule has 4 aromatic rings. The average Bonchev–Trinajstić information content (AvgIpc) is 3.40. The molecule has 0 saturated heterocycles. The molecule has 0 aliphatic rings. The highest BCUT2D eigenvalue weighted by atomic mass is 32.2. The van der Waals surface area contributed by atoms with Crippen LogP contribution in [0.2, 0.25) is 0 Å². The summed E-state index contributed by atoms with van der Waals surface area (Å²) in [6, 6.07) is 18.0. The molecule has 4 rings (SSSR count). The van der Waals surface area contributed by atoms with E-state index >= 15 is 0 Å². The van der Waals surface area contributed by atoms with E-state index in [4.69, 9.17) is 9.47 Å². The van der Waals surface area contributed by atoms with E-state index in [0.29, 0.717) is 23.5 Å². The van der Waals surface area contributed by atoms with Gasteiger partial charge in [-0.2, -0.15) is 0 Å². The minimum atomic E-state index is -3.63. The van der Waals surface area contributed by atoms with E-state index in [-0.39, 0.29) is 22.7 Å². The number of hydrogen-bond donors (Lipinski definition) is 2. The summed E-state index contributed by atoms with van der Waals surface area (Å²) >= 11 is 0. The van der Waals surface area contributed by atoms with Crippen LogP contribution in [0.5, 0.6) is 11.6 Å². The molecule has 0 aliphatic heterocycles. The second-order valence-electron chi connectivity index (χ2n) is 11.4. The number of benzene rings is 3. The number of nitrogens with zero attached hydrogens (tertiary/aromatic N) is 4. The highest BCUT2D eigenvalue weighted by Gasteiger charge is 2.23. The van der Waals surface area contributed by atoms with E-state index in [9.17, 15) is 18.0 Å². The first-order valence-corrected chi connectivity index (χ1v) is 15.6. The zero-order valence-corrected chi connectivity index (χ0v) is 26.5. The number of rotatable bonds is 9. The monoisotopic (exact) mass is 620 g/mol. The third kappa shape index (κ3) is 7.92. The van der Waals surface area contributed by atoms with Crippen LogP contribution in [-0.4, -0.2) is 60.7 Å². The van der Waals surface area contributed by atoms with Crippen molar-refractivity contribution in [2.45, 2.75) is 39.7 Å². The molecule has 0 spiro atoms. The number of carbonyl (C=O) groups excluding carboxylic acids is 2. The number of sulfonamides is 1. The summed E-state index contributed by atoms with van der Waals surface area (Å²) < 4.78 is 38.9. The van der Waals surface area contributed by atoms with Gasteiger partial charge in [0.15, 0.2) is 5.75 Å². The van der Waals surface area contributed by atoms with E-state index in [0.717, 1.165) is 22.9 Å². The molecule has 0 atom stereocenters. The Balaban J connectivity index is 1.57. The van der Waals surface area contributed by atoms with Crippen LogP contribution in [0, 0.1) is 6.92 Å². The third-order valence-corrected chi connectivity index (χ3v) is 7.25. The van der Waals surface area contributed by atoms with Crippen molar-refractivity contribution in [3.63, 3.8) is 0 Å². The quantitative estimate of drug-likeness (QED) is 0.262. The molecule has 12 nitrogen and oxygen atoms in total. The molecule has 44 heavy (non-hydrogen) atoms. The van der Waals surface area contributed by atoms with Crippen LogP contribution >= 0.6 is 0 Å². The minimum absolute atomic E-state index is 0.00111. The van der Waals surface area contributed by atoms with Crippen molar-refractivity contribution in [1.82, 2.24) is 19.9 Å². The summed E-state index contributed by atoms with van der Waals surface area (Å²) in [6.45, 7) is 8.13. The maximum atomic E-state index is 13.5. The van der Waals surface area contributed by atoms with Gasteiger partial charge >= 0.3 is 6.09 Å². The molecule has 0 bridgehead atoms.